The van der Waals surface area contributed by atoms with Crippen LogP contribution >= 0.6 is 0 Å². The third-order valence-corrected chi connectivity index (χ3v) is 9.47. The zero-order valence-electron chi connectivity index (χ0n) is 29.3. The van der Waals surface area contributed by atoms with Gasteiger partial charge in [0.2, 0.25) is 5.92 Å². The molecule has 2 aliphatic carbocycles. The van der Waals surface area contributed by atoms with Crippen molar-refractivity contribution in [2.75, 3.05) is 13.2 Å². The fourth-order valence-corrected chi connectivity index (χ4v) is 7.88. The third-order valence-electron chi connectivity index (χ3n) is 9.47. The van der Waals surface area contributed by atoms with E-state index in [0.717, 1.165) is 0 Å². The summed E-state index contributed by atoms with van der Waals surface area (Å²) >= 11 is 0. The molecule has 0 spiro atoms. The molecule has 2 fully saturated rings. The Bertz CT molecular complexity index is 938. The van der Waals surface area contributed by atoms with E-state index in [4.69, 9.17) is 18.9 Å². The number of halogens is 9. The van der Waals surface area contributed by atoms with Crippen molar-refractivity contribution in [2.45, 2.75) is 186 Å². The minimum Gasteiger partial charge on any atom is -0.373 e. The lowest BCUT2D eigenvalue weighted by Gasteiger charge is -2.45. The summed E-state index contributed by atoms with van der Waals surface area (Å²) in [4.78, 5) is 0. The van der Waals surface area contributed by atoms with E-state index < -0.39 is 91.2 Å². The minimum absolute atomic E-state index is 0.00741. The highest BCUT2D eigenvalue weighted by Crippen LogP contribution is 2.54. The van der Waals surface area contributed by atoms with Crippen molar-refractivity contribution < 1.29 is 58.5 Å². The molecule has 0 aromatic rings. The summed E-state index contributed by atoms with van der Waals surface area (Å²) in [7, 11) is 0. The Morgan fingerprint density at radius 1 is 0.787 bits per heavy atom. The van der Waals surface area contributed by atoms with E-state index in [9.17, 15) is 35.1 Å². The quantitative estimate of drug-likeness (QED) is 0.133. The molecule has 0 saturated heterocycles. The first kappa shape index (κ1) is 42.4. The molecular weight excluding hydrogens is 643 g/mol. The largest absolute Gasteiger partial charge is 0.417 e. The summed E-state index contributed by atoms with van der Waals surface area (Å²) in [5.74, 6) is -4.21. The molecule has 2 saturated carbocycles. The molecule has 2 rings (SSSR count). The van der Waals surface area contributed by atoms with E-state index in [2.05, 4.69) is 0 Å². The predicted molar refractivity (Wildman–Crippen MR) is 162 cm³/mol. The van der Waals surface area contributed by atoms with Gasteiger partial charge >= 0.3 is 12.4 Å². The zero-order chi connectivity index (χ0) is 36.1. The molecule has 0 aromatic heterocycles. The predicted octanol–water partition coefficient (Wildman–Crippen LogP) is 10.8. The average Bonchev–Trinajstić information content (AvgIpc) is 3.24. The van der Waals surface area contributed by atoms with Crippen LogP contribution < -0.4 is 0 Å². The molecule has 13 heteroatoms. The number of rotatable bonds is 18. The van der Waals surface area contributed by atoms with Crippen LogP contribution in [0.1, 0.15) is 126 Å². The SMILES string of the molecule is CCC1CC(OCC(CC(C)(F)F)OC(C)C)(C(F)(F)F)CC1CCC1(F)CC(C)CC(C)(OCC(CCC(F)(F)F)OC(C)C)C1. The van der Waals surface area contributed by atoms with Crippen molar-refractivity contribution in [1.29, 1.82) is 0 Å². The van der Waals surface area contributed by atoms with Crippen LogP contribution in [-0.4, -0.2) is 72.8 Å². The van der Waals surface area contributed by atoms with E-state index in [0.29, 0.717) is 19.8 Å². The lowest BCUT2D eigenvalue weighted by Crippen LogP contribution is -2.48. The van der Waals surface area contributed by atoms with E-state index in [1.807, 2.05) is 6.92 Å². The highest BCUT2D eigenvalue weighted by molar-refractivity contribution is 5.03. The van der Waals surface area contributed by atoms with Crippen LogP contribution in [0.5, 0.6) is 0 Å². The van der Waals surface area contributed by atoms with Crippen molar-refractivity contribution in [2.24, 2.45) is 17.8 Å². The lowest BCUT2D eigenvalue weighted by atomic mass is 9.69. The number of ether oxygens (including phenoxy) is 4. The summed E-state index contributed by atoms with van der Waals surface area (Å²) in [5.41, 5.74) is -5.30. The van der Waals surface area contributed by atoms with Gasteiger partial charge in [-0.1, -0.05) is 20.3 Å². The van der Waals surface area contributed by atoms with Gasteiger partial charge in [-0.3, -0.25) is 0 Å². The fraction of sp³-hybridized carbons (Fsp3) is 1.00. The topological polar surface area (TPSA) is 36.9 Å². The molecule has 280 valence electrons. The van der Waals surface area contributed by atoms with E-state index in [1.54, 1.807) is 41.5 Å². The van der Waals surface area contributed by atoms with Gasteiger partial charge < -0.3 is 18.9 Å². The second kappa shape index (κ2) is 16.5. The van der Waals surface area contributed by atoms with E-state index >= 15 is 4.39 Å². The molecule has 8 atom stereocenters. The van der Waals surface area contributed by atoms with Gasteiger partial charge in [-0.05, 0) is 104 Å². The Hall–Kier alpha value is -0.790. The maximum absolute atomic E-state index is 16.6. The van der Waals surface area contributed by atoms with Gasteiger partial charge in [0.05, 0.1) is 43.2 Å². The second-order valence-electron chi connectivity index (χ2n) is 15.3. The monoisotopic (exact) mass is 700 g/mol. The van der Waals surface area contributed by atoms with E-state index in [-0.39, 0.29) is 57.2 Å². The van der Waals surface area contributed by atoms with Crippen LogP contribution in [0.25, 0.3) is 0 Å². The smallest absolute Gasteiger partial charge is 0.373 e. The number of hydrogen-bond acceptors (Lipinski definition) is 4. The normalized spacial score (nSPS) is 32.4. The maximum Gasteiger partial charge on any atom is 0.417 e. The van der Waals surface area contributed by atoms with Crippen molar-refractivity contribution in [3.05, 3.63) is 0 Å². The minimum atomic E-state index is -4.77. The molecule has 0 amide bonds. The Balaban J connectivity index is 2.15. The van der Waals surface area contributed by atoms with Crippen molar-refractivity contribution in [3.8, 4) is 0 Å². The first-order valence-corrected chi connectivity index (χ1v) is 17.1. The molecule has 0 radical (unpaired) electrons. The molecular formula is C34H57F9O4. The van der Waals surface area contributed by atoms with Crippen LogP contribution in [0.4, 0.5) is 39.5 Å². The molecule has 0 aromatic carbocycles. The molecule has 0 bridgehead atoms. The van der Waals surface area contributed by atoms with Crippen molar-refractivity contribution in [3.63, 3.8) is 0 Å². The van der Waals surface area contributed by atoms with Crippen LogP contribution in [0, 0.1) is 17.8 Å². The highest BCUT2D eigenvalue weighted by Gasteiger charge is 2.62. The van der Waals surface area contributed by atoms with Gasteiger partial charge in [0.15, 0.2) is 5.60 Å². The number of alkyl halides is 9. The first-order valence-electron chi connectivity index (χ1n) is 17.1. The Morgan fingerprint density at radius 2 is 1.34 bits per heavy atom. The zero-order valence-corrected chi connectivity index (χ0v) is 29.3. The van der Waals surface area contributed by atoms with Crippen LogP contribution in [-0.2, 0) is 18.9 Å². The molecule has 0 N–H and O–H groups in total. The van der Waals surface area contributed by atoms with Crippen LogP contribution in [0.15, 0.2) is 0 Å². The molecule has 2 aliphatic rings. The molecule has 47 heavy (non-hydrogen) atoms. The van der Waals surface area contributed by atoms with Gasteiger partial charge in [0, 0.05) is 19.3 Å². The molecule has 0 aliphatic heterocycles. The van der Waals surface area contributed by atoms with Crippen molar-refractivity contribution in [1.82, 2.24) is 0 Å². The summed E-state index contributed by atoms with van der Waals surface area (Å²) in [6, 6.07) is 0. The lowest BCUT2D eigenvalue weighted by molar-refractivity contribution is -0.285. The Morgan fingerprint density at radius 3 is 1.85 bits per heavy atom. The maximum atomic E-state index is 16.6. The molecule has 8 unspecified atom stereocenters. The summed E-state index contributed by atoms with van der Waals surface area (Å²) < 4.78 is 150. The number of hydrogen-bond donors (Lipinski definition) is 0. The summed E-state index contributed by atoms with van der Waals surface area (Å²) in [6.07, 6.45) is -13.7. The first-order chi connectivity index (χ1) is 21.3. The molecule has 4 nitrogen and oxygen atoms in total. The van der Waals surface area contributed by atoms with Crippen molar-refractivity contribution >= 4 is 0 Å². The van der Waals surface area contributed by atoms with Crippen LogP contribution in [0.3, 0.4) is 0 Å². The Labute approximate surface area is 275 Å². The fourth-order valence-electron chi connectivity index (χ4n) is 7.88. The molecule has 0 heterocycles. The summed E-state index contributed by atoms with van der Waals surface area (Å²) in [6.45, 7) is 11.9. The highest BCUT2D eigenvalue weighted by atomic mass is 19.4. The second-order valence-corrected chi connectivity index (χ2v) is 15.3. The Kier molecular flexibility index (Phi) is 14.9. The average molecular weight is 701 g/mol. The van der Waals surface area contributed by atoms with E-state index in [1.165, 1.54) is 0 Å². The standard InChI is InChI=1S/C34H57F9O4/c1-9-25-16-32(34(41,42)43,45-20-28(47-23(4)5)18-30(8,35)36)17-26(25)10-12-31(37)15-24(6)14-29(7,21-31)44-19-27(46-22(2)3)11-13-33(38,39)40/h22-28H,9-21H2,1-8H3. The van der Waals surface area contributed by atoms with Gasteiger partial charge in [-0.2, -0.15) is 26.3 Å². The van der Waals surface area contributed by atoms with Crippen LogP contribution in [0.2, 0.25) is 0 Å². The van der Waals surface area contributed by atoms with Gasteiger partial charge in [0.25, 0.3) is 0 Å². The van der Waals surface area contributed by atoms with Gasteiger partial charge in [-0.25, -0.2) is 13.2 Å². The summed E-state index contributed by atoms with van der Waals surface area (Å²) in [5, 5.41) is 0. The van der Waals surface area contributed by atoms with Gasteiger partial charge in [0.1, 0.15) is 5.67 Å². The third kappa shape index (κ3) is 14.2. The van der Waals surface area contributed by atoms with Gasteiger partial charge in [-0.15, -0.1) is 0 Å².